The van der Waals surface area contributed by atoms with Crippen molar-refractivity contribution in [3.63, 3.8) is 0 Å². The van der Waals surface area contributed by atoms with Gasteiger partial charge in [-0.05, 0) is 24.6 Å². The number of pyridine rings is 1. The average Bonchev–Trinajstić information content (AvgIpc) is 2.32. The molecule has 0 aliphatic heterocycles. The third-order valence-electron chi connectivity index (χ3n) is 2.51. The molecule has 0 fully saturated rings. The van der Waals surface area contributed by atoms with Crippen molar-refractivity contribution in [2.45, 2.75) is 6.92 Å². The van der Waals surface area contributed by atoms with Crippen LogP contribution in [0.4, 0.5) is 4.39 Å². The van der Waals surface area contributed by atoms with Crippen molar-refractivity contribution in [1.82, 2.24) is 10.3 Å². The number of carbonyl (C=O) groups is 1. The Morgan fingerprint density at radius 2 is 2.12 bits per heavy atom. The molecule has 82 valence electrons. The molecule has 1 N–H and O–H groups in total. The van der Waals surface area contributed by atoms with E-state index < -0.39 is 5.82 Å². The Morgan fingerprint density at radius 3 is 2.81 bits per heavy atom. The van der Waals surface area contributed by atoms with Crippen molar-refractivity contribution < 1.29 is 9.18 Å². The number of hydrogen-bond acceptors (Lipinski definition) is 2. The summed E-state index contributed by atoms with van der Waals surface area (Å²) in [4.78, 5) is 15.7. The lowest BCUT2D eigenvalue weighted by atomic mass is 10.0. The Balaban J connectivity index is 2.86. The molecule has 4 heteroatoms. The Bertz CT molecular complexity index is 566. The minimum atomic E-state index is -0.424. The number of hydrogen-bond donors (Lipinski definition) is 1. The highest BCUT2D eigenvalue weighted by molar-refractivity contribution is 6.06. The van der Waals surface area contributed by atoms with Crippen LogP contribution in [0.25, 0.3) is 10.9 Å². The Kier molecular flexibility index (Phi) is 2.56. The molecule has 16 heavy (non-hydrogen) atoms. The largest absolute Gasteiger partial charge is 0.355 e. The minimum Gasteiger partial charge on any atom is -0.355 e. The van der Waals surface area contributed by atoms with Gasteiger partial charge >= 0.3 is 0 Å². The van der Waals surface area contributed by atoms with Crippen LogP contribution in [0.1, 0.15) is 15.9 Å². The van der Waals surface area contributed by atoms with E-state index in [9.17, 15) is 9.18 Å². The van der Waals surface area contributed by atoms with Crippen molar-refractivity contribution >= 4 is 16.8 Å². The number of nitrogens with zero attached hydrogens (tertiary/aromatic N) is 1. The lowest BCUT2D eigenvalue weighted by Gasteiger charge is -2.07. The van der Waals surface area contributed by atoms with Crippen LogP contribution in [-0.4, -0.2) is 17.9 Å². The zero-order valence-electron chi connectivity index (χ0n) is 9.04. The number of halogens is 1. The van der Waals surface area contributed by atoms with E-state index in [1.54, 1.807) is 6.07 Å². The summed E-state index contributed by atoms with van der Waals surface area (Å²) in [7, 11) is 1.52. The second kappa shape index (κ2) is 3.89. The summed E-state index contributed by atoms with van der Waals surface area (Å²) in [5.41, 5.74) is 1.69. The minimum absolute atomic E-state index is 0.279. The fourth-order valence-corrected chi connectivity index (χ4v) is 1.69. The highest BCUT2D eigenvalue weighted by Gasteiger charge is 2.13. The number of rotatable bonds is 1. The summed E-state index contributed by atoms with van der Waals surface area (Å²) in [6.07, 6.45) is 1.51. The van der Waals surface area contributed by atoms with Gasteiger partial charge in [-0.2, -0.15) is 0 Å². The maximum Gasteiger partial charge on any atom is 0.251 e. The molecule has 0 atom stereocenters. The number of aromatic nitrogens is 1. The Labute approximate surface area is 92.3 Å². The van der Waals surface area contributed by atoms with Crippen LogP contribution in [0, 0.1) is 12.7 Å². The second-order valence-electron chi connectivity index (χ2n) is 3.53. The topological polar surface area (TPSA) is 42.0 Å². The van der Waals surface area contributed by atoms with Gasteiger partial charge in [-0.1, -0.05) is 6.07 Å². The van der Waals surface area contributed by atoms with Crippen molar-refractivity contribution in [1.29, 1.82) is 0 Å². The molecule has 0 aliphatic rings. The molecule has 0 saturated carbocycles. The smallest absolute Gasteiger partial charge is 0.251 e. The second-order valence-corrected chi connectivity index (χ2v) is 3.53. The third kappa shape index (κ3) is 1.52. The predicted octanol–water partition coefficient (Wildman–Crippen LogP) is 2.04. The normalized spacial score (nSPS) is 10.4. The van der Waals surface area contributed by atoms with Gasteiger partial charge in [-0.15, -0.1) is 0 Å². The monoisotopic (exact) mass is 218 g/mol. The Hall–Kier alpha value is -1.97. The van der Waals surface area contributed by atoms with Crippen molar-refractivity contribution in [2.75, 3.05) is 7.05 Å². The molecule has 2 rings (SSSR count). The molecular weight excluding hydrogens is 207 g/mol. The SMILES string of the molecule is CNC(=O)c1ccnc2c(C)ccc(F)c12. The number of benzene rings is 1. The predicted molar refractivity (Wildman–Crippen MR) is 59.8 cm³/mol. The molecule has 1 aromatic carbocycles. The Morgan fingerprint density at radius 1 is 1.38 bits per heavy atom. The van der Waals surface area contributed by atoms with Gasteiger partial charge in [0.15, 0.2) is 0 Å². The van der Waals surface area contributed by atoms with E-state index in [-0.39, 0.29) is 11.3 Å². The van der Waals surface area contributed by atoms with Crippen LogP contribution in [0.3, 0.4) is 0 Å². The standard InChI is InChI=1S/C12H11FN2O/c1-7-3-4-9(13)10-8(12(16)14-2)5-6-15-11(7)10/h3-6H,1-2H3,(H,14,16). The van der Waals surface area contributed by atoms with Gasteiger partial charge in [0.2, 0.25) is 0 Å². The number of carbonyl (C=O) groups excluding carboxylic acids is 1. The van der Waals surface area contributed by atoms with Crippen molar-refractivity contribution in [3.05, 3.63) is 41.3 Å². The molecule has 0 radical (unpaired) electrons. The molecule has 1 aromatic heterocycles. The molecule has 0 unspecified atom stereocenters. The molecule has 3 nitrogen and oxygen atoms in total. The highest BCUT2D eigenvalue weighted by Crippen LogP contribution is 2.22. The van der Waals surface area contributed by atoms with Crippen molar-refractivity contribution in [2.24, 2.45) is 0 Å². The molecule has 1 heterocycles. The lowest BCUT2D eigenvalue weighted by molar-refractivity contribution is 0.0964. The fourth-order valence-electron chi connectivity index (χ4n) is 1.69. The first-order chi connectivity index (χ1) is 7.65. The summed E-state index contributed by atoms with van der Waals surface area (Å²) in [6, 6.07) is 4.52. The van der Waals surface area contributed by atoms with Crippen LogP contribution in [0.2, 0.25) is 0 Å². The van der Waals surface area contributed by atoms with Crippen molar-refractivity contribution in [3.8, 4) is 0 Å². The fraction of sp³-hybridized carbons (Fsp3) is 0.167. The molecule has 0 bridgehead atoms. The average molecular weight is 218 g/mol. The van der Waals surface area contributed by atoms with E-state index in [2.05, 4.69) is 10.3 Å². The van der Waals surface area contributed by atoms with Gasteiger partial charge in [-0.3, -0.25) is 9.78 Å². The summed E-state index contributed by atoms with van der Waals surface area (Å²) in [6.45, 7) is 1.84. The lowest BCUT2D eigenvalue weighted by Crippen LogP contribution is -2.18. The van der Waals surface area contributed by atoms with Crippen LogP contribution in [0.15, 0.2) is 24.4 Å². The molecule has 2 aromatic rings. The number of aryl methyl sites for hydroxylation is 1. The van der Waals surface area contributed by atoms with E-state index in [4.69, 9.17) is 0 Å². The summed E-state index contributed by atoms with van der Waals surface area (Å²) < 4.78 is 13.7. The highest BCUT2D eigenvalue weighted by atomic mass is 19.1. The van der Waals surface area contributed by atoms with Gasteiger partial charge in [0, 0.05) is 18.6 Å². The van der Waals surface area contributed by atoms with Gasteiger partial charge in [0.05, 0.1) is 11.1 Å². The van der Waals surface area contributed by atoms with E-state index in [1.165, 1.54) is 25.4 Å². The van der Waals surface area contributed by atoms with E-state index >= 15 is 0 Å². The number of amides is 1. The molecule has 0 spiro atoms. The molecule has 0 aliphatic carbocycles. The van der Waals surface area contributed by atoms with Crippen LogP contribution in [0.5, 0.6) is 0 Å². The first-order valence-corrected chi connectivity index (χ1v) is 4.91. The quantitative estimate of drug-likeness (QED) is 0.795. The molecule has 0 saturated heterocycles. The summed E-state index contributed by atoms with van der Waals surface area (Å²) >= 11 is 0. The maximum absolute atomic E-state index is 13.7. The van der Waals surface area contributed by atoms with Gasteiger partial charge < -0.3 is 5.32 Å². The third-order valence-corrected chi connectivity index (χ3v) is 2.51. The summed E-state index contributed by atoms with van der Waals surface area (Å²) in [5.74, 6) is -0.732. The summed E-state index contributed by atoms with van der Waals surface area (Å²) in [5, 5.41) is 2.77. The first kappa shape index (κ1) is 10.5. The van der Waals surface area contributed by atoms with Gasteiger partial charge in [-0.25, -0.2) is 4.39 Å². The van der Waals surface area contributed by atoms with E-state index in [1.807, 2.05) is 6.92 Å². The number of nitrogens with one attached hydrogen (secondary N) is 1. The van der Waals surface area contributed by atoms with Gasteiger partial charge in [0.1, 0.15) is 5.82 Å². The van der Waals surface area contributed by atoms with Gasteiger partial charge in [0.25, 0.3) is 5.91 Å². The van der Waals surface area contributed by atoms with Crippen LogP contribution >= 0.6 is 0 Å². The maximum atomic E-state index is 13.7. The zero-order valence-corrected chi connectivity index (χ0v) is 9.04. The number of fused-ring (bicyclic) bond motifs is 1. The van der Waals surface area contributed by atoms with Crippen LogP contribution in [-0.2, 0) is 0 Å². The van der Waals surface area contributed by atoms with E-state index in [0.29, 0.717) is 11.1 Å². The molecule has 1 amide bonds. The first-order valence-electron chi connectivity index (χ1n) is 4.91. The molecular formula is C12H11FN2O. The zero-order chi connectivity index (χ0) is 11.7. The van der Waals surface area contributed by atoms with E-state index in [0.717, 1.165) is 5.56 Å². The van der Waals surface area contributed by atoms with Crippen LogP contribution < -0.4 is 5.32 Å².